The van der Waals surface area contributed by atoms with E-state index in [0.29, 0.717) is 17.9 Å². The molecule has 1 aliphatic rings. The number of ether oxygens (including phenoxy) is 3. The van der Waals surface area contributed by atoms with E-state index in [4.69, 9.17) is 14.2 Å². The lowest BCUT2D eigenvalue weighted by Crippen LogP contribution is -2.45. The number of likely N-dealkylation sites (tertiary alicyclic amines) is 1. The number of hydrogen-bond acceptors (Lipinski definition) is 5. The number of rotatable bonds is 7. The first kappa shape index (κ1) is 16.8. The van der Waals surface area contributed by atoms with Crippen LogP contribution in [-0.4, -0.2) is 51.3 Å². The van der Waals surface area contributed by atoms with E-state index in [9.17, 15) is 4.79 Å². The van der Waals surface area contributed by atoms with Crippen molar-refractivity contribution >= 4 is 5.78 Å². The third-order valence-corrected chi connectivity index (χ3v) is 4.05. The Labute approximate surface area is 132 Å². The summed E-state index contributed by atoms with van der Waals surface area (Å²) in [6, 6.07) is 5.56. The van der Waals surface area contributed by atoms with Crippen molar-refractivity contribution in [2.45, 2.75) is 31.9 Å². The molecule has 1 aromatic rings. The van der Waals surface area contributed by atoms with Crippen molar-refractivity contribution in [1.82, 2.24) is 4.90 Å². The second kappa shape index (κ2) is 8.15. The average Bonchev–Trinajstić information content (AvgIpc) is 2.56. The molecule has 0 aliphatic carbocycles. The van der Waals surface area contributed by atoms with Crippen LogP contribution >= 0.6 is 0 Å². The largest absolute Gasteiger partial charge is 0.493 e. The Morgan fingerprint density at radius 1 is 1.09 bits per heavy atom. The molecule has 1 heterocycles. The van der Waals surface area contributed by atoms with E-state index in [2.05, 4.69) is 4.90 Å². The molecule has 0 saturated carbocycles. The molecule has 1 saturated heterocycles. The van der Waals surface area contributed by atoms with Crippen LogP contribution in [0, 0.1) is 0 Å². The molecule has 1 aromatic carbocycles. The summed E-state index contributed by atoms with van der Waals surface area (Å²) in [5.74, 6) is 1.38. The number of hydrogen-bond donors (Lipinski definition) is 0. The van der Waals surface area contributed by atoms with E-state index >= 15 is 0 Å². The summed E-state index contributed by atoms with van der Waals surface area (Å²) in [7, 11) is 4.79. The molecular weight excluding hydrogens is 282 g/mol. The SMILES string of the molecule is COc1ccc(CC(=O)C(OC)N2CCCCC2)cc1OC. The maximum absolute atomic E-state index is 12.6. The molecule has 1 fully saturated rings. The second-order valence-electron chi connectivity index (χ2n) is 5.52. The quantitative estimate of drug-likeness (QED) is 0.773. The zero-order chi connectivity index (χ0) is 15.9. The Kier molecular flexibility index (Phi) is 6.21. The predicted octanol–water partition coefficient (Wildman–Crippen LogP) is 2.27. The van der Waals surface area contributed by atoms with Crippen molar-refractivity contribution in [3.05, 3.63) is 23.8 Å². The molecule has 0 N–H and O–H groups in total. The van der Waals surface area contributed by atoms with Crippen molar-refractivity contribution in [3.8, 4) is 11.5 Å². The van der Waals surface area contributed by atoms with Crippen molar-refractivity contribution in [3.63, 3.8) is 0 Å². The van der Waals surface area contributed by atoms with Crippen molar-refractivity contribution in [2.75, 3.05) is 34.4 Å². The highest BCUT2D eigenvalue weighted by Gasteiger charge is 2.26. The van der Waals surface area contributed by atoms with Crippen LogP contribution in [0.2, 0.25) is 0 Å². The zero-order valence-electron chi connectivity index (χ0n) is 13.6. The van der Waals surface area contributed by atoms with Crippen LogP contribution in [0.5, 0.6) is 11.5 Å². The Morgan fingerprint density at radius 3 is 2.36 bits per heavy atom. The maximum atomic E-state index is 12.6. The number of ketones is 1. The highest BCUT2D eigenvalue weighted by atomic mass is 16.5. The van der Waals surface area contributed by atoms with Gasteiger partial charge >= 0.3 is 0 Å². The number of nitrogens with zero attached hydrogens (tertiary/aromatic N) is 1. The molecule has 1 aliphatic heterocycles. The van der Waals surface area contributed by atoms with Gasteiger partial charge in [0.15, 0.2) is 23.5 Å². The third-order valence-electron chi connectivity index (χ3n) is 4.05. The standard InChI is InChI=1S/C17H25NO4/c1-20-15-8-7-13(12-16(15)21-2)11-14(19)17(22-3)18-9-5-4-6-10-18/h7-8,12,17H,4-6,9-11H2,1-3H3. The molecule has 22 heavy (non-hydrogen) atoms. The van der Waals surface area contributed by atoms with Crippen molar-refractivity contribution < 1.29 is 19.0 Å². The summed E-state index contributed by atoms with van der Waals surface area (Å²) in [6.07, 6.45) is 3.37. The van der Waals surface area contributed by atoms with Crippen molar-refractivity contribution in [2.24, 2.45) is 0 Å². The average molecular weight is 307 g/mol. The van der Waals surface area contributed by atoms with Gasteiger partial charge in [-0.1, -0.05) is 12.5 Å². The number of carbonyl (C=O) groups excluding carboxylic acids is 1. The fraction of sp³-hybridized carbons (Fsp3) is 0.588. The molecule has 5 heteroatoms. The number of methoxy groups -OCH3 is 3. The Bertz CT molecular complexity index is 497. The monoisotopic (exact) mass is 307 g/mol. The fourth-order valence-electron chi connectivity index (χ4n) is 2.92. The molecule has 122 valence electrons. The van der Waals surface area contributed by atoms with Crippen LogP contribution in [0.4, 0.5) is 0 Å². The van der Waals surface area contributed by atoms with Crippen LogP contribution in [0.25, 0.3) is 0 Å². The van der Waals surface area contributed by atoms with E-state index in [1.807, 2.05) is 18.2 Å². The summed E-state index contributed by atoms with van der Waals surface area (Å²) < 4.78 is 15.9. The van der Waals surface area contributed by atoms with E-state index in [1.165, 1.54) is 6.42 Å². The highest BCUT2D eigenvalue weighted by molar-refractivity contribution is 5.85. The lowest BCUT2D eigenvalue weighted by molar-refractivity contribution is -0.141. The molecule has 0 aromatic heterocycles. The zero-order valence-corrected chi connectivity index (χ0v) is 13.6. The number of benzene rings is 1. The van der Waals surface area contributed by atoms with E-state index in [-0.39, 0.29) is 5.78 Å². The van der Waals surface area contributed by atoms with Gasteiger partial charge < -0.3 is 14.2 Å². The molecule has 1 atom stereocenters. The Morgan fingerprint density at radius 2 is 1.77 bits per heavy atom. The minimum Gasteiger partial charge on any atom is -0.493 e. The van der Waals surface area contributed by atoms with Gasteiger partial charge in [0.2, 0.25) is 0 Å². The summed E-state index contributed by atoms with van der Waals surface area (Å²) in [6.45, 7) is 1.85. The van der Waals surface area contributed by atoms with Gasteiger partial charge in [0.25, 0.3) is 0 Å². The number of Topliss-reactive ketones (excluding diaryl/α,β-unsaturated/α-hetero) is 1. The minimum atomic E-state index is -0.451. The van der Waals surface area contributed by atoms with Crippen LogP contribution in [0.1, 0.15) is 24.8 Å². The summed E-state index contributed by atoms with van der Waals surface area (Å²) in [5.41, 5.74) is 0.904. The van der Waals surface area contributed by atoms with Crippen LogP contribution in [0.3, 0.4) is 0 Å². The predicted molar refractivity (Wildman–Crippen MR) is 84.5 cm³/mol. The van der Waals surface area contributed by atoms with Gasteiger partial charge in [0, 0.05) is 26.6 Å². The summed E-state index contributed by atoms with van der Waals surface area (Å²) in [5, 5.41) is 0. The fourth-order valence-corrected chi connectivity index (χ4v) is 2.92. The van der Waals surface area contributed by atoms with Gasteiger partial charge in [0.1, 0.15) is 0 Å². The second-order valence-corrected chi connectivity index (χ2v) is 5.52. The van der Waals surface area contributed by atoms with Gasteiger partial charge in [-0.2, -0.15) is 0 Å². The molecule has 2 rings (SSSR count). The lowest BCUT2D eigenvalue weighted by Gasteiger charge is -2.32. The smallest absolute Gasteiger partial charge is 0.180 e. The maximum Gasteiger partial charge on any atom is 0.180 e. The van der Waals surface area contributed by atoms with Gasteiger partial charge in [-0.05, 0) is 30.5 Å². The molecule has 1 unspecified atom stereocenters. The molecule has 0 spiro atoms. The first-order valence-electron chi connectivity index (χ1n) is 7.70. The number of piperidine rings is 1. The van der Waals surface area contributed by atoms with E-state index < -0.39 is 6.23 Å². The lowest BCUT2D eigenvalue weighted by atomic mass is 10.0. The van der Waals surface area contributed by atoms with Crippen LogP contribution in [-0.2, 0) is 16.0 Å². The molecule has 0 radical (unpaired) electrons. The Balaban J connectivity index is 2.06. The summed E-state index contributed by atoms with van der Waals surface area (Å²) in [4.78, 5) is 14.7. The minimum absolute atomic E-state index is 0.0802. The molecular formula is C17H25NO4. The number of carbonyl (C=O) groups is 1. The Hall–Kier alpha value is -1.59. The van der Waals surface area contributed by atoms with E-state index in [1.54, 1.807) is 21.3 Å². The topological polar surface area (TPSA) is 48.0 Å². The van der Waals surface area contributed by atoms with E-state index in [0.717, 1.165) is 31.5 Å². The summed E-state index contributed by atoms with van der Waals surface area (Å²) >= 11 is 0. The van der Waals surface area contributed by atoms with Crippen LogP contribution in [0.15, 0.2) is 18.2 Å². The third kappa shape index (κ3) is 3.99. The molecule has 5 nitrogen and oxygen atoms in total. The first-order valence-corrected chi connectivity index (χ1v) is 7.70. The van der Waals surface area contributed by atoms with Gasteiger partial charge in [-0.15, -0.1) is 0 Å². The van der Waals surface area contributed by atoms with Crippen LogP contribution < -0.4 is 9.47 Å². The highest BCUT2D eigenvalue weighted by Crippen LogP contribution is 2.28. The van der Waals surface area contributed by atoms with Gasteiger partial charge in [0.05, 0.1) is 14.2 Å². The normalized spacial score (nSPS) is 17.0. The molecule has 0 bridgehead atoms. The first-order chi connectivity index (χ1) is 10.7. The van der Waals surface area contributed by atoms with Crippen molar-refractivity contribution in [1.29, 1.82) is 0 Å². The van der Waals surface area contributed by atoms with Gasteiger partial charge in [-0.25, -0.2) is 0 Å². The van der Waals surface area contributed by atoms with Gasteiger partial charge in [-0.3, -0.25) is 9.69 Å². The molecule has 0 amide bonds.